The number of nitrogens with one attached hydrogen (secondary N) is 1. The summed E-state index contributed by atoms with van der Waals surface area (Å²) >= 11 is 3.57. The monoisotopic (exact) mass is 480 g/mol. The maximum absolute atomic E-state index is 13.4. The zero-order chi connectivity index (χ0) is 22.6. The molecule has 8 heteroatoms. The van der Waals surface area contributed by atoms with Gasteiger partial charge >= 0.3 is 0 Å². The first kappa shape index (κ1) is 24.3. The lowest BCUT2D eigenvalue weighted by atomic mass is 9.97. The third-order valence-electron chi connectivity index (χ3n) is 6.09. The van der Waals surface area contributed by atoms with E-state index in [2.05, 4.69) is 22.8 Å². The van der Waals surface area contributed by atoms with Gasteiger partial charge < -0.3 is 5.32 Å². The Morgan fingerprint density at radius 3 is 2.39 bits per heavy atom. The molecular formula is C23H32N2O3S3. The van der Waals surface area contributed by atoms with E-state index in [-0.39, 0.29) is 11.8 Å². The van der Waals surface area contributed by atoms with E-state index < -0.39 is 10.0 Å². The van der Waals surface area contributed by atoms with Crippen LogP contribution in [0.2, 0.25) is 0 Å². The number of hydrogen-bond donors (Lipinski definition) is 1. The van der Waals surface area contributed by atoms with E-state index in [1.165, 1.54) is 4.88 Å². The minimum atomic E-state index is -3.56. The van der Waals surface area contributed by atoms with Crippen molar-refractivity contribution in [3.05, 3.63) is 50.7 Å². The fourth-order valence-electron chi connectivity index (χ4n) is 4.01. The number of amides is 1. The van der Waals surface area contributed by atoms with Gasteiger partial charge in [-0.3, -0.25) is 4.79 Å². The Hall–Kier alpha value is -1.35. The van der Waals surface area contributed by atoms with E-state index in [9.17, 15) is 13.2 Å². The molecule has 0 bridgehead atoms. The van der Waals surface area contributed by atoms with E-state index in [0.717, 1.165) is 33.8 Å². The van der Waals surface area contributed by atoms with Crippen LogP contribution in [0, 0.1) is 33.6 Å². The Labute approximate surface area is 194 Å². The molecule has 0 atom stereocenters. The molecule has 1 aliphatic heterocycles. The molecule has 2 aromatic rings. The number of thiophene rings is 1. The average Bonchev–Trinajstić information content (AvgIpc) is 3.25. The quantitative estimate of drug-likeness (QED) is 0.568. The second-order valence-corrected chi connectivity index (χ2v) is 12.2. The highest BCUT2D eigenvalue weighted by molar-refractivity contribution is 7.98. The standard InChI is InChI=1S/C23H32N2O3S3/c1-16-14-17(2)19(4)22(18(16)3)31(27,28)25-10-7-20(8-11-25)23(26)24-9-13-29-15-21-6-5-12-30-21/h5-6,12,14,20H,7-11,13,15H2,1-4H3,(H,24,26). The van der Waals surface area contributed by atoms with Crippen molar-refractivity contribution in [1.82, 2.24) is 9.62 Å². The number of aryl methyl sites for hydroxylation is 2. The summed E-state index contributed by atoms with van der Waals surface area (Å²) < 4.78 is 28.3. The van der Waals surface area contributed by atoms with Crippen molar-refractivity contribution in [3.8, 4) is 0 Å². The van der Waals surface area contributed by atoms with E-state index in [0.29, 0.717) is 37.4 Å². The number of thioether (sulfide) groups is 1. The number of benzene rings is 1. The predicted molar refractivity (Wildman–Crippen MR) is 130 cm³/mol. The Morgan fingerprint density at radius 2 is 1.81 bits per heavy atom. The van der Waals surface area contributed by atoms with Gasteiger partial charge in [-0.2, -0.15) is 16.1 Å². The molecular weight excluding hydrogens is 448 g/mol. The average molecular weight is 481 g/mol. The lowest BCUT2D eigenvalue weighted by Gasteiger charge is -2.31. The number of rotatable bonds is 8. The zero-order valence-electron chi connectivity index (χ0n) is 18.7. The van der Waals surface area contributed by atoms with Crippen LogP contribution in [-0.4, -0.2) is 44.0 Å². The lowest BCUT2D eigenvalue weighted by molar-refractivity contribution is -0.125. The van der Waals surface area contributed by atoms with Crippen LogP contribution in [-0.2, 0) is 20.6 Å². The summed E-state index contributed by atoms with van der Waals surface area (Å²) in [5, 5.41) is 5.10. The number of hydrogen-bond acceptors (Lipinski definition) is 5. The van der Waals surface area contributed by atoms with Crippen molar-refractivity contribution in [2.45, 2.75) is 51.2 Å². The first-order chi connectivity index (χ1) is 14.7. The van der Waals surface area contributed by atoms with E-state index in [1.807, 2.05) is 45.5 Å². The van der Waals surface area contributed by atoms with Crippen LogP contribution in [0.4, 0.5) is 0 Å². The summed E-state index contributed by atoms with van der Waals surface area (Å²) in [4.78, 5) is 14.3. The molecule has 0 aliphatic carbocycles. The molecule has 0 saturated carbocycles. The summed E-state index contributed by atoms with van der Waals surface area (Å²) in [5.41, 5.74) is 3.63. The lowest BCUT2D eigenvalue weighted by Crippen LogP contribution is -2.43. The van der Waals surface area contributed by atoms with Gasteiger partial charge in [0.05, 0.1) is 4.90 Å². The molecule has 1 N–H and O–H groups in total. The largest absolute Gasteiger partial charge is 0.355 e. The molecule has 1 saturated heterocycles. The topological polar surface area (TPSA) is 66.5 Å². The maximum Gasteiger partial charge on any atom is 0.243 e. The zero-order valence-corrected chi connectivity index (χ0v) is 21.2. The molecule has 1 aromatic heterocycles. The van der Waals surface area contributed by atoms with Crippen LogP contribution >= 0.6 is 23.1 Å². The fraction of sp³-hybridized carbons (Fsp3) is 0.522. The summed E-state index contributed by atoms with van der Waals surface area (Å²) in [6, 6.07) is 6.22. The van der Waals surface area contributed by atoms with Crippen molar-refractivity contribution in [1.29, 1.82) is 0 Å². The molecule has 1 fully saturated rings. The van der Waals surface area contributed by atoms with Gasteiger partial charge in [-0.15, -0.1) is 11.3 Å². The van der Waals surface area contributed by atoms with Crippen molar-refractivity contribution in [2.24, 2.45) is 5.92 Å². The molecule has 170 valence electrons. The van der Waals surface area contributed by atoms with Crippen LogP contribution in [0.1, 0.15) is 40.0 Å². The normalized spacial score (nSPS) is 15.9. The van der Waals surface area contributed by atoms with Crippen LogP contribution in [0.25, 0.3) is 0 Å². The van der Waals surface area contributed by atoms with Crippen LogP contribution in [0.3, 0.4) is 0 Å². The van der Waals surface area contributed by atoms with Crippen LogP contribution in [0.5, 0.6) is 0 Å². The molecule has 1 amide bonds. The Balaban J connectivity index is 1.51. The molecule has 0 unspecified atom stereocenters. The van der Waals surface area contributed by atoms with Gasteiger partial charge in [0, 0.05) is 41.9 Å². The Morgan fingerprint density at radius 1 is 1.16 bits per heavy atom. The smallest absolute Gasteiger partial charge is 0.243 e. The highest BCUT2D eigenvalue weighted by Gasteiger charge is 2.34. The van der Waals surface area contributed by atoms with Gasteiger partial charge in [0.1, 0.15) is 0 Å². The minimum Gasteiger partial charge on any atom is -0.355 e. The van der Waals surface area contributed by atoms with E-state index >= 15 is 0 Å². The second kappa shape index (κ2) is 10.5. The van der Waals surface area contributed by atoms with Gasteiger partial charge in [0.25, 0.3) is 0 Å². The molecule has 1 aliphatic rings. The molecule has 0 radical (unpaired) electrons. The molecule has 3 rings (SSSR count). The van der Waals surface area contributed by atoms with Crippen LogP contribution in [0.15, 0.2) is 28.5 Å². The first-order valence-electron chi connectivity index (χ1n) is 10.7. The molecule has 5 nitrogen and oxygen atoms in total. The fourth-order valence-corrected chi connectivity index (χ4v) is 7.76. The van der Waals surface area contributed by atoms with E-state index in [4.69, 9.17) is 0 Å². The minimum absolute atomic E-state index is 0.0486. The van der Waals surface area contributed by atoms with Crippen LogP contribution < -0.4 is 5.32 Å². The summed E-state index contributed by atoms with van der Waals surface area (Å²) in [6.45, 7) is 9.09. The third kappa shape index (κ3) is 5.72. The van der Waals surface area contributed by atoms with E-state index in [1.54, 1.807) is 15.6 Å². The highest BCUT2D eigenvalue weighted by atomic mass is 32.2. The molecule has 0 spiro atoms. The van der Waals surface area contributed by atoms with Crippen molar-refractivity contribution in [2.75, 3.05) is 25.4 Å². The van der Waals surface area contributed by atoms with Gasteiger partial charge in [-0.1, -0.05) is 12.1 Å². The predicted octanol–water partition coefficient (Wildman–Crippen LogP) is 4.43. The highest BCUT2D eigenvalue weighted by Crippen LogP contribution is 2.31. The molecule has 31 heavy (non-hydrogen) atoms. The number of nitrogens with zero attached hydrogens (tertiary/aromatic N) is 1. The number of sulfonamides is 1. The second-order valence-electron chi connectivity index (χ2n) is 8.19. The van der Waals surface area contributed by atoms with Crippen molar-refractivity contribution < 1.29 is 13.2 Å². The number of carbonyl (C=O) groups is 1. The molecule has 2 heterocycles. The van der Waals surface area contributed by atoms with Gasteiger partial charge in [0.2, 0.25) is 15.9 Å². The van der Waals surface area contributed by atoms with Crippen molar-refractivity contribution in [3.63, 3.8) is 0 Å². The molecule has 1 aromatic carbocycles. The third-order valence-corrected chi connectivity index (χ3v) is 10.3. The van der Waals surface area contributed by atoms with Crippen molar-refractivity contribution >= 4 is 39.0 Å². The summed E-state index contributed by atoms with van der Waals surface area (Å²) in [6.07, 6.45) is 1.13. The Kier molecular flexibility index (Phi) is 8.24. The summed E-state index contributed by atoms with van der Waals surface area (Å²) in [7, 11) is -3.56. The number of carbonyl (C=O) groups excluding carboxylic acids is 1. The maximum atomic E-state index is 13.4. The SMILES string of the molecule is Cc1cc(C)c(C)c(S(=O)(=O)N2CCC(C(=O)NCCSCc3cccs3)CC2)c1C. The van der Waals surface area contributed by atoms with Gasteiger partial charge in [-0.05, 0) is 74.2 Å². The number of piperidine rings is 1. The van der Waals surface area contributed by atoms with Gasteiger partial charge in [-0.25, -0.2) is 8.42 Å². The van der Waals surface area contributed by atoms with Gasteiger partial charge in [0.15, 0.2) is 0 Å². The summed E-state index contributed by atoms with van der Waals surface area (Å²) in [5.74, 6) is 1.78. The Bertz CT molecular complexity index is 983. The first-order valence-corrected chi connectivity index (χ1v) is 14.1.